The molecule has 2 aliphatic heterocycles. The van der Waals surface area contributed by atoms with E-state index in [1.165, 1.54) is 43.8 Å². The van der Waals surface area contributed by atoms with Crippen molar-refractivity contribution in [3.63, 3.8) is 0 Å². The van der Waals surface area contributed by atoms with Gasteiger partial charge in [0.2, 0.25) is 0 Å². The van der Waals surface area contributed by atoms with Crippen molar-refractivity contribution in [1.82, 2.24) is 9.13 Å². The van der Waals surface area contributed by atoms with Gasteiger partial charge in [-0.1, -0.05) is 332 Å². The Morgan fingerprint density at radius 3 is 0.934 bits per heavy atom. The molecule has 20 rings (SSSR count). The van der Waals surface area contributed by atoms with Gasteiger partial charge in [0.1, 0.15) is 0 Å². The lowest BCUT2D eigenvalue weighted by molar-refractivity contribution is 0.590. The van der Waals surface area contributed by atoms with Gasteiger partial charge >= 0.3 is 0 Å². The number of nitrogens with zero attached hydrogens (tertiary/aromatic N) is 6. The van der Waals surface area contributed by atoms with Crippen molar-refractivity contribution in [2.24, 2.45) is 0 Å². The lowest BCUT2D eigenvalue weighted by atomic mass is 9.33. The molecular weight excluding hydrogens is 1460 g/mol. The fourth-order valence-corrected chi connectivity index (χ4v) is 19.1. The summed E-state index contributed by atoms with van der Waals surface area (Å²) in [6.07, 6.45) is 0. The summed E-state index contributed by atoms with van der Waals surface area (Å²) < 4.78 is 4.95. The SMILES string of the molecule is CC(C)(C)c1ccc(-c2cc(-c3ccccc3C#N)cc(-c3cccc(C(C)(C)C)c3)c2N2c3cc(-n4c5ccccc5c5ccccc54)ccc3B3c4ccc(-n5c6ccccc6c6ccccc65)cc4N(c4c(-c5ccc(C(C)(C)C)cc5)cc(-c5ccccc5C#N)cc4-c4cccc(C(C)(C)C)c4)c4cc(-c5ccccc5)cc2c43)cc1. The Morgan fingerprint density at radius 2 is 0.570 bits per heavy atom. The first-order valence-corrected chi connectivity index (χ1v) is 42.3. The fourth-order valence-electron chi connectivity index (χ4n) is 19.1. The maximum atomic E-state index is 11.3. The minimum atomic E-state index is -0.389. The van der Waals surface area contributed by atoms with Gasteiger partial charge < -0.3 is 18.9 Å². The van der Waals surface area contributed by atoms with Crippen molar-refractivity contribution in [3.05, 3.63) is 379 Å². The Balaban J connectivity index is 1.00. The molecule has 6 nitrogen and oxygen atoms in total. The number of hydrogen-bond acceptors (Lipinski definition) is 4. The van der Waals surface area contributed by atoms with Crippen molar-refractivity contribution >= 4 is 101 Å². The van der Waals surface area contributed by atoms with Crippen LogP contribution in [0.3, 0.4) is 0 Å². The summed E-state index contributed by atoms with van der Waals surface area (Å²) in [7, 11) is 0. The van der Waals surface area contributed by atoms with Crippen LogP contribution in [0.5, 0.6) is 0 Å². The van der Waals surface area contributed by atoms with Gasteiger partial charge in [-0.3, -0.25) is 0 Å². The predicted molar refractivity (Wildman–Crippen MR) is 511 cm³/mol. The van der Waals surface area contributed by atoms with E-state index < -0.39 is 0 Å². The van der Waals surface area contributed by atoms with E-state index in [2.05, 4.69) is 436 Å². The van der Waals surface area contributed by atoms with Gasteiger partial charge in [-0.15, -0.1) is 0 Å². The van der Waals surface area contributed by atoms with Crippen LogP contribution in [0.1, 0.15) is 116 Å². The van der Waals surface area contributed by atoms with Crippen molar-refractivity contribution in [2.45, 2.75) is 105 Å². The summed E-state index contributed by atoms with van der Waals surface area (Å²) in [6.45, 7) is 27.2. The highest BCUT2D eigenvalue weighted by molar-refractivity contribution is 7.00. The zero-order valence-corrected chi connectivity index (χ0v) is 70.7. The number of aromatic nitrogens is 2. The molecule has 2 aliphatic rings. The summed E-state index contributed by atoms with van der Waals surface area (Å²) >= 11 is 0. The number of rotatable bonds is 11. The molecule has 0 fully saturated rings. The normalized spacial score (nSPS) is 12.7. The molecule has 0 spiro atoms. The minimum Gasteiger partial charge on any atom is -0.310 e. The van der Waals surface area contributed by atoms with E-state index in [4.69, 9.17) is 0 Å². The van der Waals surface area contributed by atoms with E-state index in [9.17, 15) is 10.5 Å². The topological polar surface area (TPSA) is 63.9 Å². The van der Waals surface area contributed by atoms with Gasteiger partial charge in [-0.05, 0) is 213 Å². The van der Waals surface area contributed by atoms with Crippen molar-refractivity contribution in [2.75, 3.05) is 9.80 Å². The first-order chi connectivity index (χ1) is 58.5. The average Bonchev–Trinajstić information content (AvgIpc) is 0.953. The molecule has 2 aromatic heterocycles. The number of hydrogen-bond donors (Lipinski definition) is 0. The van der Waals surface area contributed by atoms with Crippen LogP contribution < -0.4 is 26.2 Å². The quantitative estimate of drug-likeness (QED) is 0.121. The first-order valence-electron chi connectivity index (χ1n) is 42.3. The maximum Gasteiger partial charge on any atom is 0.252 e. The van der Waals surface area contributed by atoms with Crippen molar-refractivity contribution in [3.8, 4) is 101 Å². The molecule has 0 aliphatic carbocycles. The van der Waals surface area contributed by atoms with Gasteiger partial charge in [-0.25, -0.2) is 0 Å². The van der Waals surface area contributed by atoms with E-state index in [-0.39, 0.29) is 28.4 Å². The monoisotopic (exact) mass is 1560 g/mol. The van der Waals surface area contributed by atoms with Crippen LogP contribution in [-0.2, 0) is 21.7 Å². The highest BCUT2D eigenvalue weighted by Crippen LogP contribution is 2.57. The van der Waals surface area contributed by atoms with Crippen LogP contribution >= 0.6 is 0 Å². The summed E-state index contributed by atoms with van der Waals surface area (Å²) in [5.74, 6) is 0. The van der Waals surface area contributed by atoms with Gasteiger partial charge in [0.15, 0.2) is 0 Å². The molecule has 0 saturated heterocycles. The summed E-state index contributed by atoms with van der Waals surface area (Å²) in [5.41, 5.74) is 35.2. The zero-order chi connectivity index (χ0) is 83.1. The Labute approximate surface area is 710 Å². The molecule has 7 heteroatoms. The molecule has 121 heavy (non-hydrogen) atoms. The fraction of sp³-hybridized carbons (Fsp3) is 0.140. The van der Waals surface area contributed by atoms with E-state index in [0.717, 1.165) is 162 Å². The standard InChI is InChI=1S/C114H93BN6/c1-111(2,3)82-52-48-73(49-53-82)94-62-80(88-38-18-16-32-77(88)70-116)64-96(75-34-28-36-84(60-75)113(7,8)9)109(94)120-104-68-86(118-100-44-24-20-40-90(100)91-41-21-25-45-101(91)118)56-58-98(104)115-99-59-57-87(119-102-46-26-22-42-92(102)93-43-23-27-47-103(93)119)69-105(99)121(107-67-79(66-106(120)108(107)115)72-30-14-13-15-31-72)110-95(74-50-54-83(55-51-74)112(4,5)6)63-81(89-39-19-17-33-78(89)71-117)65-97(110)76-35-29-37-85(61-76)114(10,11)12/h13-69H,1-12H3. The highest BCUT2D eigenvalue weighted by Gasteiger charge is 2.47. The third-order valence-electron chi connectivity index (χ3n) is 25.4. The molecule has 0 N–H and O–H groups in total. The summed E-state index contributed by atoms with van der Waals surface area (Å²) in [5, 5.41) is 27.3. The summed E-state index contributed by atoms with van der Waals surface area (Å²) in [6, 6.07) is 134. The van der Waals surface area contributed by atoms with E-state index in [1.54, 1.807) is 0 Å². The number of nitriles is 2. The lowest BCUT2D eigenvalue weighted by Gasteiger charge is -2.46. The smallest absolute Gasteiger partial charge is 0.252 e. The molecule has 4 heterocycles. The molecule has 18 aromatic rings. The minimum absolute atomic E-state index is 0.146. The van der Waals surface area contributed by atoms with Crippen molar-refractivity contribution < 1.29 is 0 Å². The molecule has 0 unspecified atom stereocenters. The third kappa shape index (κ3) is 12.8. The molecule has 16 aromatic carbocycles. The lowest BCUT2D eigenvalue weighted by Crippen LogP contribution is -2.61. The highest BCUT2D eigenvalue weighted by atomic mass is 15.2. The molecule has 0 atom stereocenters. The van der Waals surface area contributed by atoms with Crippen LogP contribution in [0.2, 0.25) is 0 Å². The van der Waals surface area contributed by atoms with Gasteiger partial charge in [0.05, 0.1) is 56.7 Å². The van der Waals surface area contributed by atoms with Crippen LogP contribution in [0, 0.1) is 22.7 Å². The van der Waals surface area contributed by atoms with Gasteiger partial charge in [0, 0.05) is 77.9 Å². The number of para-hydroxylation sites is 4. The Hall–Kier alpha value is -14.2. The van der Waals surface area contributed by atoms with E-state index in [1.807, 2.05) is 24.3 Å². The largest absolute Gasteiger partial charge is 0.310 e. The van der Waals surface area contributed by atoms with Crippen LogP contribution in [0.4, 0.5) is 34.1 Å². The van der Waals surface area contributed by atoms with Gasteiger partial charge in [-0.2, -0.15) is 10.5 Å². The second kappa shape index (κ2) is 28.8. The number of anilines is 6. The van der Waals surface area contributed by atoms with Crippen LogP contribution in [-0.4, -0.2) is 15.8 Å². The molecule has 0 bridgehead atoms. The molecule has 582 valence electrons. The Bertz CT molecular complexity index is 6810. The molecule has 0 radical (unpaired) electrons. The third-order valence-corrected chi connectivity index (χ3v) is 25.4. The van der Waals surface area contributed by atoms with Crippen molar-refractivity contribution in [1.29, 1.82) is 10.5 Å². The Morgan fingerprint density at radius 1 is 0.240 bits per heavy atom. The summed E-state index contributed by atoms with van der Waals surface area (Å²) in [4.78, 5) is 5.36. The van der Waals surface area contributed by atoms with Crippen LogP contribution in [0.25, 0.3) is 133 Å². The zero-order valence-electron chi connectivity index (χ0n) is 70.7. The predicted octanol–water partition coefficient (Wildman–Crippen LogP) is 28.6. The molecule has 0 saturated carbocycles. The average molecular weight is 1560 g/mol. The Kier molecular flexibility index (Phi) is 18.0. The van der Waals surface area contributed by atoms with E-state index in [0.29, 0.717) is 11.1 Å². The molecular formula is C114H93BN6. The number of fused-ring (bicyclic) bond motifs is 10. The van der Waals surface area contributed by atoms with E-state index >= 15 is 0 Å². The second-order valence-corrected chi connectivity index (χ2v) is 37.1. The number of benzene rings is 16. The first kappa shape index (κ1) is 75.5. The molecule has 0 amide bonds. The second-order valence-electron chi connectivity index (χ2n) is 37.1. The maximum absolute atomic E-state index is 11.3. The van der Waals surface area contributed by atoms with Crippen LogP contribution in [0.15, 0.2) is 346 Å². The van der Waals surface area contributed by atoms with Gasteiger partial charge in [0.25, 0.3) is 6.71 Å².